The third kappa shape index (κ3) is 33.4. The maximum absolute atomic E-state index is 13.0. The van der Waals surface area contributed by atoms with Crippen molar-refractivity contribution in [1.82, 2.24) is 5.32 Å². The van der Waals surface area contributed by atoms with Crippen molar-refractivity contribution in [2.45, 2.75) is 307 Å². The van der Waals surface area contributed by atoms with Gasteiger partial charge < -0.3 is 40.3 Å². The van der Waals surface area contributed by atoms with Gasteiger partial charge in [-0.3, -0.25) is 4.79 Å². The SMILES string of the molecule is CCCCCC/C=C\CCCCCCCCCC(=O)NC(COC1OC(CO)C(O)C(O)C1O)C(O)CCCCCCCCCCCCCCCCCCCCCCCCCC. The van der Waals surface area contributed by atoms with Gasteiger partial charge in [-0.1, -0.05) is 231 Å². The van der Waals surface area contributed by atoms with E-state index in [4.69, 9.17) is 9.47 Å². The van der Waals surface area contributed by atoms with Gasteiger partial charge in [0.1, 0.15) is 24.4 Å². The number of ether oxygens (including phenoxy) is 2. The molecule has 9 nitrogen and oxygen atoms in total. The van der Waals surface area contributed by atoms with Crippen LogP contribution in [0.4, 0.5) is 0 Å². The average Bonchev–Trinajstić information content (AvgIpc) is 3.27. The third-order valence-electron chi connectivity index (χ3n) is 13.1. The number of amides is 1. The summed E-state index contributed by atoms with van der Waals surface area (Å²) in [5, 5.41) is 54.5. The fraction of sp³-hybridized carbons (Fsp3) is 0.943. The number of aliphatic hydroxyl groups is 5. The molecule has 0 aliphatic carbocycles. The number of unbranched alkanes of at least 4 members (excludes halogenated alkanes) is 34. The first-order chi connectivity index (χ1) is 30.3. The van der Waals surface area contributed by atoms with Crippen molar-refractivity contribution in [3.8, 4) is 0 Å². The quantitative estimate of drug-likeness (QED) is 0.0261. The molecule has 0 radical (unpaired) electrons. The van der Waals surface area contributed by atoms with Gasteiger partial charge in [0.15, 0.2) is 6.29 Å². The summed E-state index contributed by atoms with van der Waals surface area (Å²) in [6, 6.07) is -0.718. The van der Waals surface area contributed by atoms with Gasteiger partial charge in [0.25, 0.3) is 0 Å². The minimum Gasteiger partial charge on any atom is -0.394 e. The highest BCUT2D eigenvalue weighted by atomic mass is 16.7. The Balaban J connectivity index is 2.21. The van der Waals surface area contributed by atoms with Crippen LogP contribution in [0.5, 0.6) is 0 Å². The zero-order chi connectivity index (χ0) is 45.1. The molecule has 0 aromatic carbocycles. The van der Waals surface area contributed by atoms with E-state index in [1.807, 2.05) is 0 Å². The summed E-state index contributed by atoms with van der Waals surface area (Å²) in [7, 11) is 0. The fourth-order valence-electron chi connectivity index (χ4n) is 8.80. The summed E-state index contributed by atoms with van der Waals surface area (Å²) in [6.45, 7) is 3.85. The summed E-state index contributed by atoms with van der Waals surface area (Å²) in [4.78, 5) is 13.0. The Labute approximate surface area is 382 Å². The van der Waals surface area contributed by atoms with Crippen LogP contribution in [-0.2, 0) is 14.3 Å². The van der Waals surface area contributed by atoms with E-state index >= 15 is 0 Å². The molecule has 1 fully saturated rings. The van der Waals surface area contributed by atoms with Crippen LogP contribution >= 0.6 is 0 Å². The van der Waals surface area contributed by atoms with Crippen molar-refractivity contribution >= 4 is 5.91 Å². The summed E-state index contributed by atoms with van der Waals surface area (Å²) in [6.07, 6.45) is 45.2. The zero-order valence-corrected chi connectivity index (χ0v) is 40.6. The Bertz CT molecular complexity index is 981. The zero-order valence-electron chi connectivity index (χ0n) is 40.6. The Kier molecular flexibility index (Phi) is 41.6. The van der Waals surface area contributed by atoms with Crippen LogP contribution in [0.25, 0.3) is 0 Å². The second kappa shape index (κ2) is 43.8. The van der Waals surface area contributed by atoms with Gasteiger partial charge >= 0.3 is 0 Å². The van der Waals surface area contributed by atoms with Crippen molar-refractivity contribution in [3.05, 3.63) is 12.2 Å². The van der Waals surface area contributed by atoms with Crippen LogP contribution in [0, 0.1) is 0 Å². The lowest BCUT2D eigenvalue weighted by Gasteiger charge is -2.40. The normalized spacial score (nSPS) is 20.3. The van der Waals surface area contributed by atoms with Crippen molar-refractivity contribution in [1.29, 1.82) is 0 Å². The summed E-state index contributed by atoms with van der Waals surface area (Å²) in [5.41, 5.74) is 0. The van der Waals surface area contributed by atoms with E-state index in [9.17, 15) is 30.3 Å². The predicted octanol–water partition coefficient (Wildman–Crippen LogP) is 12.5. The molecule has 1 saturated heterocycles. The number of carbonyl (C=O) groups excluding carboxylic acids is 1. The van der Waals surface area contributed by atoms with Crippen LogP contribution < -0.4 is 5.32 Å². The molecule has 0 spiro atoms. The molecular weight excluding hydrogens is 779 g/mol. The van der Waals surface area contributed by atoms with E-state index in [2.05, 4.69) is 31.3 Å². The summed E-state index contributed by atoms with van der Waals surface area (Å²) in [5.74, 6) is -0.146. The number of rotatable bonds is 46. The minimum atomic E-state index is -1.55. The van der Waals surface area contributed by atoms with Crippen LogP contribution in [0.15, 0.2) is 12.2 Å². The van der Waals surface area contributed by atoms with Gasteiger partial charge in [-0.05, 0) is 38.5 Å². The molecule has 62 heavy (non-hydrogen) atoms. The van der Waals surface area contributed by atoms with E-state index in [0.29, 0.717) is 12.8 Å². The van der Waals surface area contributed by atoms with Crippen molar-refractivity contribution in [2.75, 3.05) is 13.2 Å². The molecule has 1 aliphatic heterocycles. The van der Waals surface area contributed by atoms with Crippen LogP contribution in [0.1, 0.15) is 264 Å². The molecule has 0 saturated carbocycles. The van der Waals surface area contributed by atoms with Gasteiger partial charge in [0.05, 0.1) is 25.4 Å². The largest absolute Gasteiger partial charge is 0.394 e. The maximum atomic E-state index is 13.0. The number of nitrogens with one attached hydrogen (secondary N) is 1. The first-order valence-electron chi connectivity index (χ1n) is 26.9. The highest BCUT2D eigenvalue weighted by Crippen LogP contribution is 2.23. The molecular formula is C53H103NO8. The van der Waals surface area contributed by atoms with Gasteiger partial charge in [-0.25, -0.2) is 0 Å². The van der Waals surface area contributed by atoms with Crippen molar-refractivity contribution in [2.24, 2.45) is 0 Å². The molecule has 1 aliphatic rings. The van der Waals surface area contributed by atoms with E-state index in [1.54, 1.807) is 0 Å². The van der Waals surface area contributed by atoms with Crippen molar-refractivity contribution in [3.63, 3.8) is 0 Å². The third-order valence-corrected chi connectivity index (χ3v) is 13.1. The Morgan fingerprint density at radius 2 is 0.903 bits per heavy atom. The highest BCUT2D eigenvalue weighted by Gasteiger charge is 2.44. The van der Waals surface area contributed by atoms with E-state index in [1.165, 1.54) is 199 Å². The summed E-state index contributed by atoms with van der Waals surface area (Å²) < 4.78 is 11.3. The second-order valence-electron chi connectivity index (χ2n) is 19.0. The molecule has 6 N–H and O–H groups in total. The average molecular weight is 882 g/mol. The van der Waals surface area contributed by atoms with E-state index in [0.717, 1.165) is 38.5 Å². The van der Waals surface area contributed by atoms with E-state index in [-0.39, 0.29) is 12.5 Å². The molecule has 0 aromatic rings. The molecule has 0 aromatic heterocycles. The standard InChI is InChI=1S/C53H103NO8/c1-3-5-7-9-11-13-15-17-19-20-21-22-23-24-25-26-27-29-30-32-34-36-38-40-42-47(56)46(45-61-53-52(60)51(59)50(58)48(44-55)62-53)54-49(57)43-41-39-37-35-33-31-28-18-16-14-12-10-8-6-4-2/h14,16,46-48,50-53,55-56,58-60H,3-13,15,17-45H2,1-2H3,(H,54,57)/b16-14-. The van der Waals surface area contributed by atoms with Crippen LogP contribution in [-0.4, -0.2) is 87.5 Å². The molecule has 1 heterocycles. The lowest BCUT2D eigenvalue weighted by molar-refractivity contribution is -0.302. The minimum absolute atomic E-state index is 0.136. The number of hydrogen-bond donors (Lipinski definition) is 6. The molecule has 0 bridgehead atoms. The highest BCUT2D eigenvalue weighted by molar-refractivity contribution is 5.76. The lowest BCUT2D eigenvalue weighted by Crippen LogP contribution is -2.60. The summed E-state index contributed by atoms with van der Waals surface area (Å²) >= 11 is 0. The molecule has 1 rings (SSSR count). The molecule has 7 unspecified atom stereocenters. The first-order valence-corrected chi connectivity index (χ1v) is 26.9. The smallest absolute Gasteiger partial charge is 0.220 e. The predicted molar refractivity (Wildman–Crippen MR) is 258 cm³/mol. The van der Waals surface area contributed by atoms with E-state index < -0.39 is 49.5 Å². The topological polar surface area (TPSA) is 149 Å². The Morgan fingerprint density at radius 1 is 0.532 bits per heavy atom. The molecule has 7 atom stereocenters. The molecule has 9 heteroatoms. The van der Waals surface area contributed by atoms with Gasteiger partial charge in [-0.15, -0.1) is 0 Å². The Hall–Kier alpha value is -1.07. The number of aliphatic hydroxyl groups excluding tert-OH is 5. The molecule has 368 valence electrons. The fourth-order valence-corrected chi connectivity index (χ4v) is 8.80. The monoisotopic (exact) mass is 882 g/mol. The lowest BCUT2D eigenvalue weighted by atomic mass is 9.99. The number of carbonyl (C=O) groups is 1. The van der Waals surface area contributed by atoms with Crippen LogP contribution in [0.3, 0.4) is 0 Å². The van der Waals surface area contributed by atoms with Crippen LogP contribution in [0.2, 0.25) is 0 Å². The number of allylic oxidation sites excluding steroid dienone is 2. The van der Waals surface area contributed by atoms with Crippen molar-refractivity contribution < 1.29 is 39.8 Å². The van der Waals surface area contributed by atoms with Gasteiger partial charge in [0, 0.05) is 6.42 Å². The first kappa shape index (κ1) is 58.9. The Morgan fingerprint density at radius 3 is 1.32 bits per heavy atom. The van der Waals surface area contributed by atoms with Gasteiger partial charge in [-0.2, -0.15) is 0 Å². The molecule has 1 amide bonds. The van der Waals surface area contributed by atoms with Gasteiger partial charge in [0.2, 0.25) is 5.91 Å². The number of hydrogen-bond acceptors (Lipinski definition) is 8. The second-order valence-corrected chi connectivity index (χ2v) is 19.0. The maximum Gasteiger partial charge on any atom is 0.220 e.